The molecule has 0 radical (unpaired) electrons. The van der Waals surface area contributed by atoms with Gasteiger partial charge in [0.25, 0.3) is 0 Å². The van der Waals surface area contributed by atoms with Crippen LogP contribution in [0.4, 0.5) is 0 Å². The molecule has 0 spiro atoms. The van der Waals surface area contributed by atoms with Gasteiger partial charge in [-0.3, -0.25) is 4.79 Å². The number of hydrogen-bond acceptors (Lipinski definition) is 2. The molecule has 3 heteroatoms. The molecule has 14 heavy (non-hydrogen) atoms. The molecule has 0 heterocycles. The highest BCUT2D eigenvalue weighted by Crippen LogP contribution is 2.15. The van der Waals surface area contributed by atoms with Crippen molar-refractivity contribution < 1.29 is 9.90 Å². The Bertz CT molecular complexity index is 347. The summed E-state index contributed by atoms with van der Waals surface area (Å²) < 4.78 is 0. The second-order valence-electron chi connectivity index (χ2n) is 3.08. The first-order valence-electron chi connectivity index (χ1n) is 4.33. The van der Waals surface area contributed by atoms with Gasteiger partial charge in [0, 0.05) is 6.04 Å². The van der Waals surface area contributed by atoms with Gasteiger partial charge in [-0.05, 0) is 11.1 Å². The van der Waals surface area contributed by atoms with Gasteiger partial charge in [0.15, 0.2) is 0 Å². The van der Waals surface area contributed by atoms with Crippen LogP contribution in [0.1, 0.15) is 23.6 Å². The van der Waals surface area contributed by atoms with Crippen molar-refractivity contribution in [3.63, 3.8) is 0 Å². The summed E-state index contributed by atoms with van der Waals surface area (Å²) in [7, 11) is 0. The van der Waals surface area contributed by atoms with E-state index in [9.17, 15) is 4.79 Å². The molecular weight excluding hydrogens is 178 g/mol. The Hall–Kier alpha value is -1.61. The van der Waals surface area contributed by atoms with E-state index < -0.39 is 12.0 Å². The number of carboxylic acids is 1. The Labute approximate surface area is 82.9 Å². The van der Waals surface area contributed by atoms with Gasteiger partial charge in [-0.1, -0.05) is 36.9 Å². The van der Waals surface area contributed by atoms with Crippen LogP contribution in [-0.4, -0.2) is 11.1 Å². The quantitative estimate of drug-likeness (QED) is 0.762. The number of nitrogens with two attached hydrogens (primary N) is 1. The summed E-state index contributed by atoms with van der Waals surface area (Å²) >= 11 is 0. The van der Waals surface area contributed by atoms with E-state index in [2.05, 4.69) is 6.58 Å². The van der Waals surface area contributed by atoms with Gasteiger partial charge >= 0.3 is 5.97 Å². The zero-order chi connectivity index (χ0) is 10.6. The topological polar surface area (TPSA) is 63.3 Å². The number of rotatable bonds is 4. The van der Waals surface area contributed by atoms with Crippen LogP contribution in [0.2, 0.25) is 0 Å². The predicted octanol–water partition coefficient (Wildman–Crippen LogP) is 1.80. The highest BCUT2D eigenvalue weighted by molar-refractivity contribution is 5.68. The van der Waals surface area contributed by atoms with Gasteiger partial charge in [-0.25, -0.2) is 0 Å². The summed E-state index contributed by atoms with van der Waals surface area (Å²) in [6, 6.07) is 6.95. The molecule has 0 amide bonds. The number of carbonyl (C=O) groups is 1. The lowest BCUT2D eigenvalue weighted by Crippen LogP contribution is -2.14. The minimum absolute atomic E-state index is 0.0550. The molecule has 0 aliphatic heterocycles. The Balaban J connectivity index is 2.83. The molecular formula is C11H13NO2. The van der Waals surface area contributed by atoms with Crippen molar-refractivity contribution in [1.29, 1.82) is 0 Å². The second kappa shape index (κ2) is 4.58. The van der Waals surface area contributed by atoms with Crippen LogP contribution in [-0.2, 0) is 4.79 Å². The summed E-state index contributed by atoms with van der Waals surface area (Å²) in [6.07, 6.45) is 1.65. The van der Waals surface area contributed by atoms with E-state index in [-0.39, 0.29) is 6.42 Å². The van der Waals surface area contributed by atoms with E-state index in [0.717, 1.165) is 11.1 Å². The largest absolute Gasteiger partial charge is 0.481 e. The molecule has 0 unspecified atom stereocenters. The first kappa shape index (κ1) is 10.5. The molecule has 74 valence electrons. The first-order valence-corrected chi connectivity index (χ1v) is 4.33. The SMILES string of the molecule is C=Cc1cccc([C@H](N)CC(=O)O)c1. The third-order valence-corrected chi connectivity index (χ3v) is 1.97. The molecule has 1 aromatic rings. The van der Waals surface area contributed by atoms with Crippen molar-refractivity contribution in [2.45, 2.75) is 12.5 Å². The standard InChI is InChI=1S/C11H13NO2/c1-2-8-4-3-5-9(6-8)10(12)7-11(13)14/h2-6,10H,1,7,12H2,(H,13,14)/t10-/m1/s1. The zero-order valence-corrected chi connectivity index (χ0v) is 7.81. The molecule has 0 aromatic heterocycles. The maximum absolute atomic E-state index is 10.4. The third kappa shape index (κ3) is 2.71. The third-order valence-electron chi connectivity index (χ3n) is 1.97. The summed E-state index contributed by atoms with van der Waals surface area (Å²) in [5, 5.41) is 8.57. The molecule has 1 aromatic carbocycles. The van der Waals surface area contributed by atoms with Crippen molar-refractivity contribution in [2.24, 2.45) is 5.73 Å². The zero-order valence-electron chi connectivity index (χ0n) is 7.81. The van der Waals surface area contributed by atoms with Gasteiger partial charge in [0.2, 0.25) is 0 Å². The molecule has 0 aliphatic carbocycles. The Morgan fingerprint density at radius 3 is 2.93 bits per heavy atom. The Morgan fingerprint density at radius 2 is 2.36 bits per heavy atom. The monoisotopic (exact) mass is 191 g/mol. The van der Waals surface area contributed by atoms with Crippen molar-refractivity contribution in [3.8, 4) is 0 Å². The van der Waals surface area contributed by atoms with E-state index in [1.807, 2.05) is 24.3 Å². The summed E-state index contributed by atoms with van der Waals surface area (Å²) in [6.45, 7) is 3.64. The Kier molecular flexibility index (Phi) is 3.42. The van der Waals surface area contributed by atoms with E-state index in [0.29, 0.717) is 0 Å². The van der Waals surface area contributed by atoms with Crippen LogP contribution in [0, 0.1) is 0 Å². The smallest absolute Gasteiger partial charge is 0.305 e. The van der Waals surface area contributed by atoms with Gasteiger partial charge in [0.05, 0.1) is 6.42 Å². The maximum Gasteiger partial charge on any atom is 0.305 e. The van der Waals surface area contributed by atoms with Gasteiger partial charge in [-0.2, -0.15) is 0 Å². The van der Waals surface area contributed by atoms with Crippen LogP contribution >= 0.6 is 0 Å². The fraction of sp³-hybridized carbons (Fsp3) is 0.182. The van der Waals surface area contributed by atoms with Crippen LogP contribution in [0.5, 0.6) is 0 Å². The highest BCUT2D eigenvalue weighted by Gasteiger charge is 2.09. The Morgan fingerprint density at radius 1 is 1.64 bits per heavy atom. The molecule has 1 atom stereocenters. The van der Waals surface area contributed by atoms with Crippen LogP contribution < -0.4 is 5.73 Å². The number of carboxylic acid groups (broad SMARTS) is 1. The second-order valence-corrected chi connectivity index (χ2v) is 3.08. The molecule has 0 saturated heterocycles. The van der Waals surface area contributed by atoms with Gasteiger partial charge in [-0.15, -0.1) is 0 Å². The van der Waals surface area contributed by atoms with E-state index >= 15 is 0 Å². The average molecular weight is 191 g/mol. The lowest BCUT2D eigenvalue weighted by molar-refractivity contribution is -0.137. The predicted molar refractivity (Wildman–Crippen MR) is 55.7 cm³/mol. The molecule has 0 fully saturated rings. The van der Waals surface area contributed by atoms with Crippen molar-refractivity contribution in [1.82, 2.24) is 0 Å². The lowest BCUT2D eigenvalue weighted by Gasteiger charge is -2.09. The van der Waals surface area contributed by atoms with Gasteiger partial charge in [0.1, 0.15) is 0 Å². The number of aliphatic carboxylic acids is 1. The van der Waals surface area contributed by atoms with E-state index in [4.69, 9.17) is 10.8 Å². The minimum Gasteiger partial charge on any atom is -0.481 e. The van der Waals surface area contributed by atoms with Crippen molar-refractivity contribution >= 4 is 12.0 Å². The molecule has 0 bridgehead atoms. The normalized spacial score (nSPS) is 12.1. The number of hydrogen-bond donors (Lipinski definition) is 2. The number of benzene rings is 1. The fourth-order valence-electron chi connectivity index (χ4n) is 1.22. The molecule has 3 nitrogen and oxygen atoms in total. The fourth-order valence-corrected chi connectivity index (χ4v) is 1.22. The lowest BCUT2D eigenvalue weighted by atomic mass is 10.0. The average Bonchev–Trinajstić information content (AvgIpc) is 2.17. The van der Waals surface area contributed by atoms with Crippen molar-refractivity contribution in [3.05, 3.63) is 42.0 Å². The molecule has 0 saturated carbocycles. The summed E-state index contributed by atoms with van der Waals surface area (Å²) in [5.74, 6) is -0.887. The minimum atomic E-state index is -0.887. The molecule has 3 N–H and O–H groups in total. The highest BCUT2D eigenvalue weighted by atomic mass is 16.4. The van der Waals surface area contributed by atoms with Crippen LogP contribution in [0.3, 0.4) is 0 Å². The summed E-state index contributed by atoms with van der Waals surface area (Å²) in [5.41, 5.74) is 7.48. The van der Waals surface area contributed by atoms with Crippen molar-refractivity contribution in [2.75, 3.05) is 0 Å². The van der Waals surface area contributed by atoms with Crippen LogP contribution in [0.15, 0.2) is 30.8 Å². The first-order chi connectivity index (χ1) is 6.63. The van der Waals surface area contributed by atoms with E-state index in [1.165, 1.54) is 0 Å². The molecule has 0 aliphatic rings. The van der Waals surface area contributed by atoms with Gasteiger partial charge < -0.3 is 10.8 Å². The maximum atomic E-state index is 10.4. The molecule has 1 rings (SSSR count). The van der Waals surface area contributed by atoms with Crippen LogP contribution in [0.25, 0.3) is 6.08 Å². The van der Waals surface area contributed by atoms with E-state index in [1.54, 1.807) is 6.08 Å². The summed E-state index contributed by atoms with van der Waals surface area (Å²) in [4.78, 5) is 10.4.